The Labute approximate surface area is 130 Å². The van der Waals surface area contributed by atoms with Gasteiger partial charge in [-0.15, -0.1) is 0 Å². The Morgan fingerprint density at radius 1 is 1.14 bits per heavy atom. The van der Waals surface area contributed by atoms with Gasteiger partial charge in [-0.25, -0.2) is 0 Å². The van der Waals surface area contributed by atoms with Crippen LogP contribution in [0, 0.1) is 11.8 Å². The van der Waals surface area contributed by atoms with Gasteiger partial charge >= 0.3 is 0 Å². The van der Waals surface area contributed by atoms with Crippen molar-refractivity contribution in [1.29, 1.82) is 0 Å². The summed E-state index contributed by atoms with van der Waals surface area (Å²) in [5.74, 6) is 1.45. The summed E-state index contributed by atoms with van der Waals surface area (Å²) >= 11 is 0. The zero-order valence-corrected chi connectivity index (χ0v) is 14.4. The molecule has 1 aliphatic rings. The molecule has 0 saturated carbocycles. The van der Waals surface area contributed by atoms with E-state index in [0.717, 1.165) is 19.0 Å². The second-order valence-electron chi connectivity index (χ2n) is 7.65. The van der Waals surface area contributed by atoms with Crippen LogP contribution in [0.1, 0.15) is 46.6 Å². The number of hydrogen-bond acceptors (Lipinski definition) is 2. The quantitative estimate of drug-likeness (QED) is 0.884. The Morgan fingerprint density at radius 2 is 1.81 bits per heavy atom. The molecule has 1 aromatic rings. The lowest BCUT2D eigenvalue weighted by molar-refractivity contribution is 0.0348. The second kappa shape index (κ2) is 6.93. The van der Waals surface area contributed by atoms with Crippen molar-refractivity contribution in [1.82, 2.24) is 10.2 Å². The van der Waals surface area contributed by atoms with Crippen molar-refractivity contribution >= 4 is 0 Å². The van der Waals surface area contributed by atoms with Crippen LogP contribution in [-0.2, 0) is 5.54 Å². The van der Waals surface area contributed by atoms with Crippen molar-refractivity contribution in [3.8, 4) is 0 Å². The van der Waals surface area contributed by atoms with Crippen LogP contribution in [0.2, 0.25) is 0 Å². The highest BCUT2D eigenvalue weighted by atomic mass is 15.3. The fraction of sp³-hybridized carbons (Fsp3) is 0.684. The number of nitrogens with one attached hydrogen (secondary N) is 1. The van der Waals surface area contributed by atoms with Crippen molar-refractivity contribution in [2.45, 2.75) is 52.6 Å². The van der Waals surface area contributed by atoms with Crippen LogP contribution in [-0.4, -0.2) is 30.6 Å². The standard InChI is InChI=1S/C19H32N2/c1-15(2)11-18-13-21(12-16(3)4)19(5,14-20-18)17-9-7-6-8-10-17/h6-10,15-16,18,20H,11-14H2,1-5H3. The summed E-state index contributed by atoms with van der Waals surface area (Å²) in [6.07, 6.45) is 1.26. The normalized spacial score (nSPS) is 27.5. The minimum Gasteiger partial charge on any atom is -0.311 e. The molecule has 0 bridgehead atoms. The summed E-state index contributed by atoms with van der Waals surface area (Å²) in [5, 5.41) is 3.80. The summed E-state index contributed by atoms with van der Waals surface area (Å²) in [4.78, 5) is 2.70. The molecule has 0 spiro atoms. The van der Waals surface area contributed by atoms with E-state index in [1.165, 1.54) is 18.5 Å². The highest BCUT2D eigenvalue weighted by Crippen LogP contribution is 2.32. The predicted molar refractivity (Wildman–Crippen MR) is 91.5 cm³/mol. The van der Waals surface area contributed by atoms with E-state index >= 15 is 0 Å². The van der Waals surface area contributed by atoms with E-state index in [1.807, 2.05) is 0 Å². The minimum absolute atomic E-state index is 0.110. The van der Waals surface area contributed by atoms with Gasteiger partial charge in [0, 0.05) is 25.7 Å². The van der Waals surface area contributed by atoms with E-state index in [0.29, 0.717) is 12.0 Å². The predicted octanol–water partition coefficient (Wildman–Crippen LogP) is 3.88. The van der Waals surface area contributed by atoms with Gasteiger partial charge in [0.05, 0.1) is 5.54 Å². The average molecular weight is 288 g/mol. The Balaban J connectivity index is 2.20. The average Bonchev–Trinajstić information content (AvgIpc) is 2.42. The van der Waals surface area contributed by atoms with Gasteiger partial charge < -0.3 is 5.32 Å². The van der Waals surface area contributed by atoms with Gasteiger partial charge in [0.25, 0.3) is 0 Å². The molecule has 2 heteroatoms. The van der Waals surface area contributed by atoms with Crippen LogP contribution < -0.4 is 5.32 Å². The minimum atomic E-state index is 0.110. The Kier molecular flexibility index (Phi) is 5.45. The van der Waals surface area contributed by atoms with Crippen molar-refractivity contribution in [2.75, 3.05) is 19.6 Å². The number of benzene rings is 1. The van der Waals surface area contributed by atoms with Crippen molar-refractivity contribution in [2.24, 2.45) is 11.8 Å². The maximum absolute atomic E-state index is 3.80. The Bertz CT molecular complexity index is 426. The third-order valence-electron chi connectivity index (χ3n) is 4.61. The molecule has 1 saturated heterocycles. The maximum atomic E-state index is 3.80. The summed E-state index contributed by atoms with van der Waals surface area (Å²) in [6.45, 7) is 15.0. The monoisotopic (exact) mass is 288 g/mol. The molecule has 1 fully saturated rings. The van der Waals surface area contributed by atoms with E-state index in [-0.39, 0.29) is 5.54 Å². The first-order valence-corrected chi connectivity index (χ1v) is 8.45. The van der Waals surface area contributed by atoms with Gasteiger partial charge in [0.1, 0.15) is 0 Å². The molecular formula is C19H32N2. The fourth-order valence-electron chi connectivity index (χ4n) is 3.51. The lowest BCUT2D eigenvalue weighted by atomic mass is 9.85. The highest BCUT2D eigenvalue weighted by molar-refractivity contribution is 5.25. The van der Waals surface area contributed by atoms with Crippen LogP contribution in [0.5, 0.6) is 0 Å². The fourth-order valence-corrected chi connectivity index (χ4v) is 3.51. The van der Waals surface area contributed by atoms with E-state index in [4.69, 9.17) is 0 Å². The zero-order chi connectivity index (χ0) is 15.5. The van der Waals surface area contributed by atoms with Crippen LogP contribution in [0.25, 0.3) is 0 Å². The van der Waals surface area contributed by atoms with Crippen LogP contribution in [0.15, 0.2) is 30.3 Å². The molecule has 1 aromatic carbocycles. The van der Waals surface area contributed by atoms with Crippen molar-refractivity contribution in [3.63, 3.8) is 0 Å². The van der Waals surface area contributed by atoms with Crippen LogP contribution in [0.3, 0.4) is 0 Å². The second-order valence-corrected chi connectivity index (χ2v) is 7.65. The smallest absolute Gasteiger partial charge is 0.0558 e. The zero-order valence-electron chi connectivity index (χ0n) is 14.4. The summed E-state index contributed by atoms with van der Waals surface area (Å²) in [7, 11) is 0. The topological polar surface area (TPSA) is 15.3 Å². The van der Waals surface area contributed by atoms with Gasteiger partial charge in [-0.2, -0.15) is 0 Å². The van der Waals surface area contributed by atoms with E-state index in [2.05, 4.69) is 75.2 Å². The Hall–Kier alpha value is -0.860. The number of rotatable bonds is 5. The molecule has 2 unspecified atom stereocenters. The maximum Gasteiger partial charge on any atom is 0.0558 e. The van der Waals surface area contributed by atoms with Gasteiger partial charge in [0.15, 0.2) is 0 Å². The largest absolute Gasteiger partial charge is 0.311 e. The molecule has 2 rings (SSSR count). The van der Waals surface area contributed by atoms with E-state index in [9.17, 15) is 0 Å². The first kappa shape index (κ1) is 16.5. The van der Waals surface area contributed by atoms with Crippen LogP contribution in [0.4, 0.5) is 0 Å². The molecule has 0 aliphatic carbocycles. The van der Waals surface area contributed by atoms with Crippen molar-refractivity contribution < 1.29 is 0 Å². The molecule has 2 nitrogen and oxygen atoms in total. The highest BCUT2D eigenvalue weighted by Gasteiger charge is 2.39. The third-order valence-corrected chi connectivity index (χ3v) is 4.61. The molecule has 1 heterocycles. The van der Waals surface area contributed by atoms with Gasteiger partial charge in [0.2, 0.25) is 0 Å². The first-order chi connectivity index (χ1) is 9.91. The molecule has 0 aromatic heterocycles. The van der Waals surface area contributed by atoms with Crippen LogP contribution >= 0.6 is 0 Å². The van der Waals surface area contributed by atoms with Gasteiger partial charge in [-0.1, -0.05) is 58.0 Å². The first-order valence-electron chi connectivity index (χ1n) is 8.45. The van der Waals surface area contributed by atoms with Crippen molar-refractivity contribution in [3.05, 3.63) is 35.9 Å². The molecule has 1 aliphatic heterocycles. The SMILES string of the molecule is CC(C)CC1CN(CC(C)C)C(C)(c2ccccc2)CN1. The third kappa shape index (κ3) is 4.08. The summed E-state index contributed by atoms with van der Waals surface area (Å²) < 4.78 is 0. The molecule has 1 N–H and O–H groups in total. The molecule has 21 heavy (non-hydrogen) atoms. The molecule has 118 valence electrons. The number of hydrogen-bond donors (Lipinski definition) is 1. The lowest BCUT2D eigenvalue weighted by Crippen LogP contribution is -2.62. The summed E-state index contributed by atoms with van der Waals surface area (Å²) in [5.41, 5.74) is 1.54. The number of nitrogens with zero attached hydrogens (tertiary/aromatic N) is 1. The Morgan fingerprint density at radius 3 is 2.38 bits per heavy atom. The molecule has 0 radical (unpaired) electrons. The van der Waals surface area contributed by atoms with E-state index in [1.54, 1.807) is 0 Å². The number of piperazine rings is 1. The van der Waals surface area contributed by atoms with Gasteiger partial charge in [-0.3, -0.25) is 4.90 Å². The molecule has 2 atom stereocenters. The van der Waals surface area contributed by atoms with Gasteiger partial charge in [-0.05, 0) is 30.7 Å². The molecule has 0 amide bonds. The molecular weight excluding hydrogens is 256 g/mol. The summed E-state index contributed by atoms with van der Waals surface area (Å²) in [6, 6.07) is 11.6. The van der Waals surface area contributed by atoms with E-state index < -0.39 is 0 Å². The lowest BCUT2D eigenvalue weighted by Gasteiger charge is -2.49.